The van der Waals surface area contributed by atoms with Crippen LogP contribution in [0.3, 0.4) is 0 Å². The number of nitrogens with zero attached hydrogens (tertiary/aromatic N) is 3. The van der Waals surface area contributed by atoms with Crippen LogP contribution in [0.2, 0.25) is 0 Å². The summed E-state index contributed by atoms with van der Waals surface area (Å²) >= 11 is 0. The monoisotopic (exact) mass is 379 g/mol. The number of aryl methyl sites for hydroxylation is 1. The summed E-state index contributed by atoms with van der Waals surface area (Å²) in [4.78, 5) is 10.7. The second-order valence-electron chi connectivity index (χ2n) is 5.78. The fourth-order valence-electron chi connectivity index (χ4n) is 2.21. The Morgan fingerprint density at radius 3 is 2.42 bits per heavy atom. The van der Waals surface area contributed by atoms with Crippen molar-refractivity contribution >= 4 is 21.7 Å². The zero-order valence-electron chi connectivity index (χ0n) is 15.5. The molecule has 0 fully saturated rings. The summed E-state index contributed by atoms with van der Waals surface area (Å²) < 4.78 is 32.5. The lowest BCUT2D eigenvalue weighted by Gasteiger charge is -2.14. The van der Waals surface area contributed by atoms with Crippen molar-refractivity contribution < 1.29 is 13.2 Å². The number of rotatable bonds is 9. The van der Waals surface area contributed by atoms with Crippen LogP contribution in [-0.2, 0) is 10.0 Å². The Balaban J connectivity index is 1.90. The maximum atomic E-state index is 12.3. The standard InChI is InChI=1S/C17H25N5O3S/c1-5-25-14-6-8-15(9-7-14)26(23,24)19-11-10-18-16-12-17(22(3)4)21-13(2)20-16/h6-9,12,19H,5,10-11H2,1-4H3,(H,18,20,21). The fraction of sp³-hybridized carbons (Fsp3) is 0.412. The molecule has 2 N–H and O–H groups in total. The van der Waals surface area contributed by atoms with E-state index in [4.69, 9.17) is 4.74 Å². The second-order valence-corrected chi connectivity index (χ2v) is 7.55. The smallest absolute Gasteiger partial charge is 0.240 e. The van der Waals surface area contributed by atoms with Crippen molar-refractivity contribution in [3.8, 4) is 5.75 Å². The number of ether oxygens (including phenoxy) is 1. The molecule has 2 rings (SSSR count). The van der Waals surface area contributed by atoms with Gasteiger partial charge < -0.3 is 15.0 Å². The molecule has 0 aliphatic carbocycles. The van der Waals surface area contributed by atoms with Crippen LogP contribution in [0.1, 0.15) is 12.7 Å². The van der Waals surface area contributed by atoms with E-state index in [1.54, 1.807) is 12.1 Å². The van der Waals surface area contributed by atoms with Crippen LogP contribution in [0.15, 0.2) is 35.2 Å². The number of hydrogen-bond acceptors (Lipinski definition) is 7. The third-order valence-electron chi connectivity index (χ3n) is 3.45. The van der Waals surface area contributed by atoms with E-state index in [1.165, 1.54) is 12.1 Å². The largest absolute Gasteiger partial charge is 0.494 e. The molecule has 0 unspecified atom stereocenters. The van der Waals surface area contributed by atoms with Crippen LogP contribution in [0, 0.1) is 6.92 Å². The number of hydrogen-bond donors (Lipinski definition) is 2. The van der Waals surface area contributed by atoms with Crippen molar-refractivity contribution in [2.24, 2.45) is 0 Å². The highest BCUT2D eigenvalue weighted by atomic mass is 32.2. The minimum absolute atomic E-state index is 0.203. The summed E-state index contributed by atoms with van der Waals surface area (Å²) in [5.41, 5.74) is 0. The second kappa shape index (κ2) is 8.81. The van der Waals surface area contributed by atoms with E-state index in [2.05, 4.69) is 20.0 Å². The SMILES string of the molecule is CCOc1ccc(S(=O)(=O)NCCNc2cc(N(C)C)nc(C)n2)cc1. The predicted octanol–water partition coefficient (Wildman–Crippen LogP) is 1.64. The lowest BCUT2D eigenvalue weighted by atomic mass is 10.3. The third kappa shape index (κ3) is 5.57. The Hall–Kier alpha value is -2.39. The minimum Gasteiger partial charge on any atom is -0.494 e. The van der Waals surface area contributed by atoms with Gasteiger partial charge in [0.2, 0.25) is 10.0 Å². The van der Waals surface area contributed by atoms with E-state index < -0.39 is 10.0 Å². The Morgan fingerprint density at radius 2 is 1.81 bits per heavy atom. The predicted molar refractivity (Wildman–Crippen MR) is 102 cm³/mol. The molecule has 0 radical (unpaired) electrons. The first-order valence-electron chi connectivity index (χ1n) is 8.31. The summed E-state index contributed by atoms with van der Waals surface area (Å²) in [7, 11) is 0.236. The Labute approximate surface area is 154 Å². The lowest BCUT2D eigenvalue weighted by Crippen LogP contribution is -2.29. The highest BCUT2D eigenvalue weighted by Gasteiger charge is 2.13. The highest BCUT2D eigenvalue weighted by molar-refractivity contribution is 7.89. The molecule has 0 saturated carbocycles. The third-order valence-corrected chi connectivity index (χ3v) is 4.93. The topological polar surface area (TPSA) is 96.5 Å². The molecule has 9 heteroatoms. The molecule has 0 aliphatic heterocycles. The molecule has 1 aromatic carbocycles. The number of aromatic nitrogens is 2. The minimum atomic E-state index is -3.56. The molecule has 0 bridgehead atoms. The summed E-state index contributed by atoms with van der Waals surface area (Å²) in [5, 5.41) is 3.11. The van der Waals surface area contributed by atoms with E-state index in [0.717, 1.165) is 5.82 Å². The average Bonchev–Trinajstić information content (AvgIpc) is 2.59. The molecule has 1 aromatic heterocycles. The molecule has 2 aromatic rings. The van der Waals surface area contributed by atoms with Gasteiger partial charge in [0, 0.05) is 33.3 Å². The van der Waals surface area contributed by atoms with E-state index in [9.17, 15) is 8.42 Å². The highest BCUT2D eigenvalue weighted by Crippen LogP contribution is 2.16. The van der Waals surface area contributed by atoms with Crippen LogP contribution in [0.5, 0.6) is 5.75 Å². The van der Waals surface area contributed by atoms with Crippen LogP contribution in [-0.4, -0.2) is 52.2 Å². The van der Waals surface area contributed by atoms with Gasteiger partial charge in [0.05, 0.1) is 11.5 Å². The molecule has 0 atom stereocenters. The van der Waals surface area contributed by atoms with E-state index in [0.29, 0.717) is 30.5 Å². The Bertz CT molecular complexity index is 823. The van der Waals surface area contributed by atoms with Crippen molar-refractivity contribution in [3.63, 3.8) is 0 Å². The van der Waals surface area contributed by atoms with Gasteiger partial charge in [-0.15, -0.1) is 0 Å². The molecular formula is C17H25N5O3S. The van der Waals surface area contributed by atoms with E-state index >= 15 is 0 Å². The van der Waals surface area contributed by atoms with Gasteiger partial charge in [-0.3, -0.25) is 0 Å². The van der Waals surface area contributed by atoms with E-state index in [-0.39, 0.29) is 11.4 Å². The zero-order valence-corrected chi connectivity index (χ0v) is 16.3. The van der Waals surface area contributed by atoms with Crippen molar-refractivity contribution in [2.45, 2.75) is 18.7 Å². The first kappa shape index (κ1) is 19.9. The first-order chi connectivity index (χ1) is 12.3. The number of nitrogens with one attached hydrogen (secondary N) is 2. The molecule has 142 valence electrons. The molecule has 0 saturated heterocycles. The molecule has 0 spiro atoms. The van der Waals surface area contributed by atoms with Crippen molar-refractivity contribution in [2.75, 3.05) is 44.0 Å². The molecule has 0 amide bonds. The van der Waals surface area contributed by atoms with Crippen LogP contribution < -0.4 is 19.7 Å². The zero-order chi connectivity index (χ0) is 19.2. The maximum absolute atomic E-state index is 12.3. The Morgan fingerprint density at radius 1 is 1.12 bits per heavy atom. The molecular weight excluding hydrogens is 354 g/mol. The summed E-state index contributed by atoms with van der Waals surface area (Å²) in [6.07, 6.45) is 0. The number of sulfonamides is 1. The van der Waals surface area contributed by atoms with Crippen LogP contribution in [0.25, 0.3) is 0 Å². The molecule has 26 heavy (non-hydrogen) atoms. The van der Waals surface area contributed by atoms with Gasteiger partial charge in [0.25, 0.3) is 0 Å². The van der Waals surface area contributed by atoms with Gasteiger partial charge in [-0.05, 0) is 38.1 Å². The number of anilines is 2. The molecule has 8 nitrogen and oxygen atoms in total. The summed E-state index contributed by atoms with van der Waals surface area (Å²) in [6, 6.07) is 8.15. The molecule has 1 heterocycles. The summed E-state index contributed by atoms with van der Waals surface area (Å²) in [6.45, 7) is 4.86. The normalized spacial score (nSPS) is 11.2. The average molecular weight is 379 g/mol. The number of benzene rings is 1. The first-order valence-corrected chi connectivity index (χ1v) is 9.79. The van der Waals surface area contributed by atoms with Gasteiger partial charge >= 0.3 is 0 Å². The quantitative estimate of drug-likeness (QED) is 0.639. The fourth-order valence-corrected chi connectivity index (χ4v) is 3.24. The lowest BCUT2D eigenvalue weighted by molar-refractivity contribution is 0.340. The van der Waals surface area contributed by atoms with Crippen molar-refractivity contribution in [1.29, 1.82) is 0 Å². The van der Waals surface area contributed by atoms with Gasteiger partial charge in [0.1, 0.15) is 23.2 Å². The van der Waals surface area contributed by atoms with E-state index in [1.807, 2.05) is 38.9 Å². The van der Waals surface area contributed by atoms with Gasteiger partial charge in [-0.2, -0.15) is 0 Å². The Kier molecular flexibility index (Phi) is 6.76. The van der Waals surface area contributed by atoms with Gasteiger partial charge in [-0.1, -0.05) is 0 Å². The summed E-state index contributed by atoms with van der Waals surface area (Å²) in [5.74, 6) is 2.73. The van der Waals surface area contributed by atoms with Crippen molar-refractivity contribution in [1.82, 2.24) is 14.7 Å². The van der Waals surface area contributed by atoms with Crippen LogP contribution in [0.4, 0.5) is 11.6 Å². The van der Waals surface area contributed by atoms with Gasteiger partial charge in [-0.25, -0.2) is 23.1 Å². The van der Waals surface area contributed by atoms with Crippen LogP contribution >= 0.6 is 0 Å². The van der Waals surface area contributed by atoms with Crippen molar-refractivity contribution in [3.05, 3.63) is 36.2 Å². The maximum Gasteiger partial charge on any atom is 0.240 e. The molecule has 0 aliphatic rings. The van der Waals surface area contributed by atoms with Gasteiger partial charge in [0.15, 0.2) is 0 Å².